The van der Waals surface area contributed by atoms with E-state index in [9.17, 15) is 13.2 Å². The summed E-state index contributed by atoms with van der Waals surface area (Å²) in [6, 6.07) is 11.0. The fourth-order valence-corrected chi connectivity index (χ4v) is 6.21. The van der Waals surface area contributed by atoms with Crippen molar-refractivity contribution in [2.75, 3.05) is 32.4 Å². The molecular weight excluding hydrogens is 484 g/mol. The van der Waals surface area contributed by atoms with Crippen molar-refractivity contribution in [2.24, 2.45) is 5.92 Å². The fourth-order valence-electron chi connectivity index (χ4n) is 5.28. The number of H-pyrrole nitrogens is 1. The van der Waals surface area contributed by atoms with Gasteiger partial charge in [-0.25, -0.2) is 13.4 Å². The first-order chi connectivity index (χ1) is 17.7. The van der Waals surface area contributed by atoms with Crippen LogP contribution >= 0.6 is 0 Å². The maximum Gasteiger partial charge on any atom is 0.251 e. The van der Waals surface area contributed by atoms with Gasteiger partial charge in [-0.1, -0.05) is 19.1 Å². The molecule has 194 valence electrons. The van der Waals surface area contributed by atoms with E-state index in [1.54, 1.807) is 25.1 Å². The van der Waals surface area contributed by atoms with E-state index in [2.05, 4.69) is 33.3 Å². The van der Waals surface area contributed by atoms with E-state index in [1.165, 1.54) is 0 Å². The second-order valence-corrected chi connectivity index (χ2v) is 12.5. The molecule has 7 nitrogen and oxygen atoms in total. The van der Waals surface area contributed by atoms with Gasteiger partial charge in [0, 0.05) is 29.1 Å². The first-order valence-electron chi connectivity index (χ1n) is 12.9. The van der Waals surface area contributed by atoms with Crippen molar-refractivity contribution < 1.29 is 13.2 Å². The third kappa shape index (κ3) is 4.88. The summed E-state index contributed by atoms with van der Waals surface area (Å²) in [7, 11) is -1.25. The number of hydrogen-bond donors (Lipinski definition) is 2. The number of nitrogens with zero attached hydrogens (tertiary/aromatic N) is 2. The van der Waals surface area contributed by atoms with Crippen LogP contribution in [0.2, 0.25) is 0 Å². The molecule has 0 unspecified atom stereocenters. The number of sulfone groups is 1. The molecule has 0 saturated carbocycles. The molecule has 1 amide bonds. The third-order valence-corrected chi connectivity index (χ3v) is 9.37. The van der Waals surface area contributed by atoms with E-state index >= 15 is 0 Å². The normalized spacial score (nSPS) is 15.5. The Hall–Kier alpha value is -3.23. The summed E-state index contributed by atoms with van der Waals surface area (Å²) in [4.78, 5) is 24.1. The lowest BCUT2D eigenvalue weighted by Gasteiger charge is -2.29. The molecule has 3 heterocycles. The van der Waals surface area contributed by atoms with Gasteiger partial charge in [0.25, 0.3) is 5.91 Å². The number of fused-ring (bicyclic) bond motifs is 3. The van der Waals surface area contributed by atoms with Crippen LogP contribution in [0.3, 0.4) is 0 Å². The molecule has 1 aliphatic rings. The van der Waals surface area contributed by atoms with Gasteiger partial charge in [-0.2, -0.15) is 0 Å². The highest BCUT2D eigenvalue weighted by atomic mass is 32.2. The van der Waals surface area contributed by atoms with Gasteiger partial charge in [0.2, 0.25) is 0 Å². The Morgan fingerprint density at radius 1 is 1.16 bits per heavy atom. The Bertz CT molecular complexity index is 1600. The summed E-state index contributed by atoms with van der Waals surface area (Å²) in [5.74, 6) is 0.389. The minimum Gasteiger partial charge on any atom is -0.352 e. The summed E-state index contributed by atoms with van der Waals surface area (Å²) in [6.07, 6.45) is 3.97. The predicted molar refractivity (Wildman–Crippen MR) is 149 cm³/mol. The van der Waals surface area contributed by atoms with Gasteiger partial charge < -0.3 is 15.2 Å². The van der Waals surface area contributed by atoms with E-state index in [1.807, 2.05) is 32.2 Å². The van der Waals surface area contributed by atoms with Crippen molar-refractivity contribution in [3.63, 3.8) is 0 Å². The summed E-state index contributed by atoms with van der Waals surface area (Å²) in [6.45, 7) is 8.35. The fraction of sp³-hybridized carbons (Fsp3) is 0.379. The molecule has 2 N–H and O–H groups in total. The lowest BCUT2D eigenvalue weighted by atomic mass is 9.93. The standard InChI is InChI=1S/C29H34N4O3S/c1-5-37(35,36)22-8-6-7-21(14-22)24-15-23(29(34)31-17-20-9-11-33(4)12-10-20)19(3)27-26(24)25-13-18(2)16-30-28(25)32-27/h6-8,13-16,20H,5,9-12,17H2,1-4H3,(H,30,32)(H,31,34). The van der Waals surface area contributed by atoms with E-state index in [0.717, 1.165) is 70.1 Å². The first-order valence-corrected chi connectivity index (χ1v) is 14.5. The lowest BCUT2D eigenvalue weighted by molar-refractivity contribution is 0.0938. The van der Waals surface area contributed by atoms with Gasteiger partial charge >= 0.3 is 0 Å². The highest BCUT2D eigenvalue weighted by Crippen LogP contribution is 2.38. The van der Waals surface area contributed by atoms with Crippen LogP contribution in [0, 0.1) is 19.8 Å². The Balaban J connectivity index is 1.64. The number of pyridine rings is 1. The number of aromatic nitrogens is 2. The second kappa shape index (κ2) is 9.91. The van der Waals surface area contributed by atoms with Crippen molar-refractivity contribution in [3.05, 3.63) is 59.3 Å². The number of nitrogens with one attached hydrogen (secondary N) is 2. The molecule has 2 aromatic heterocycles. The van der Waals surface area contributed by atoms with Gasteiger partial charge in [0.05, 0.1) is 16.2 Å². The first kappa shape index (κ1) is 25.4. The van der Waals surface area contributed by atoms with Crippen molar-refractivity contribution >= 4 is 37.7 Å². The highest BCUT2D eigenvalue weighted by molar-refractivity contribution is 7.91. The zero-order chi connectivity index (χ0) is 26.3. The van der Waals surface area contributed by atoms with Crippen LogP contribution in [-0.4, -0.2) is 61.6 Å². The smallest absolute Gasteiger partial charge is 0.251 e. The van der Waals surface area contributed by atoms with Crippen molar-refractivity contribution in [1.82, 2.24) is 20.2 Å². The molecule has 0 bridgehead atoms. The van der Waals surface area contributed by atoms with Crippen molar-refractivity contribution in [3.8, 4) is 11.1 Å². The maximum absolute atomic E-state index is 13.5. The van der Waals surface area contributed by atoms with Crippen LogP contribution in [0.5, 0.6) is 0 Å². The number of aromatic amines is 1. The number of rotatable bonds is 6. The van der Waals surface area contributed by atoms with Crippen LogP contribution in [-0.2, 0) is 9.84 Å². The molecule has 0 spiro atoms. The monoisotopic (exact) mass is 518 g/mol. The molecule has 1 aliphatic heterocycles. The Morgan fingerprint density at radius 3 is 2.65 bits per heavy atom. The Labute approximate surface area is 218 Å². The van der Waals surface area contributed by atoms with Crippen LogP contribution in [0.25, 0.3) is 33.1 Å². The van der Waals surface area contributed by atoms with E-state index < -0.39 is 9.84 Å². The molecule has 4 aromatic rings. The summed E-state index contributed by atoms with van der Waals surface area (Å²) in [5.41, 5.74) is 5.63. The SMILES string of the molecule is CCS(=O)(=O)c1cccc(-c2cc(C(=O)NCC3CCN(C)CC3)c(C)c3[nH]c4ncc(C)cc4c23)c1. The lowest BCUT2D eigenvalue weighted by Crippen LogP contribution is -2.37. The van der Waals surface area contributed by atoms with Crippen LogP contribution < -0.4 is 5.32 Å². The van der Waals surface area contributed by atoms with Gasteiger partial charge in [0.15, 0.2) is 9.84 Å². The minimum atomic E-state index is -3.38. The Kier molecular flexibility index (Phi) is 6.81. The number of aryl methyl sites for hydroxylation is 2. The number of carbonyl (C=O) groups excluding carboxylic acids is 1. The highest BCUT2D eigenvalue weighted by Gasteiger charge is 2.23. The average Bonchev–Trinajstić information content (AvgIpc) is 3.28. The van der Waals surface area contributed by atoms with Crippen molar-refractivity contribution in [1.29, 1.82) is 0 Å². The largest absolute Gasteiger partial charge is 0.352 e. The molecular formula is C29H34N4O3S. The molecule has 0 aliphatic carbocycles. The number of benzene rings is 2. The summed E-state index contributed by atoms with van der Waals surface area (Å²) < 4.78 is 25.3. The molecule has 2 aromatic carbocycles. The van der Waals surface area contributed by atoms with Gasteiger partial charge in [-0.3, -0.25) is 4.79 Å². The van der Waals surface area contributed by atoms with E-state index in [-0.39, 0.29) is 16.6 Å². The number of likely N-dealkylation sites (tertiary alicyclic amines) is 1. The molecule has 0 radical (unpaired) electrons. The molecule has 0 atom stereocenters. The van der Waals surface area contributed by atoms with E-state index in [4.69, 9.17) is 0 Å². The maximum atomic E-state index is 13.5. The van der Waals surface area contributed by atoms with E-state index in [0.29, 0.717) is 18.0 Å². The molecule has 5 rings (SSSR count). The quantitative estimate of drug-likeness (QED) is 0.380. The predicted octanol–water partition coefficient (Wildman–Crippen LogP) is 4.87. The second-order valence-electron chi connectivity index (χ2n) is 10.3. The third-order valence-electron chi connectivity index (χ3n) is 7.64. The van der Waals surface area contributed by atoms with Gasteiger partial charge in [0.1, 0.15) is 5.65 Å². The number of amides is 1. The summed E-state index contributed by atoms with van der Waals surface area (Å²) in [5, 5.41) is 5.07. The molecule has 1 fully saturated rings. The number of piperidine rings is 1. The van der Waals surface area contributed by atoms with Crippen LogP contribution in [0.15, 0.2) is 47.5 Å². The van der Waals surface area contributed by atoms with Gasteiger partial charge in [-0.15, -0.1) is 0 Å². The molecule has 1 saturated heterocycles. The molecule has 8 heteroatoms. The van der Waals surface area contributed by atoms with Crippen LogP contribution in [0.1, 0.15) is 41.3 Å². The van der Waals surface area contributed by atoms with Crippen LogP contribution in [0.4, 0.5) is 0 Å². The zero-order valence-electron chi connectivity index (χ0n) is 21.9. The number of carbonyl (C=O) groups is 1. The van der Waals surface area contributed by atoms with Gasteiger partial charge in [-0.05, 0) is 99.3 Å². The number of hydrogen-bond acceptors (Lipinski definition) is 5. The molecule has 37 heavy (non-hydrogen) atoms. The summed E-state index contributed by atoms with van der Waals surface area (Å²) >= 11 is 0. The topological polar surface area (TPSA) is 95.2 Å². The minimum absolute atomic E-state index is 0.0283. The Morgan fingerprint density at radius 2 is 1.92 bits per heavy atom. The average molecular weight is 519 g/mol. The zero-order valence-corrected chi connectivity index (χ0v) is 22.7. The van der Waals surface area contributed by atoms with Crippen molar-refractivity contribution in [2.45, 2.75) is 38.5 Å².